The predicted octanol–water partition coefficient (Wildman–Crippen LogP) is 5.77. The van der Waals surface area contributed by atoms with Gasteiger partial charge >= 0.3 is 0 Å². The lowest BCUT2D eigenvalue weighted by Crippen LogP contribution is -2.12. The Kier molecular flexibility index (Phi) is 5.92. The molecule has 4 heteroatoms. The molecule has 0 aliphatic rings. The molecule has 0 radical (unpaired) electrons. The van der Waals surface area contributed by atoms with Crippen LogP contribution in [0.1, 0.15) is 11.5 Å². The predicted molar refractivity (Wildman–Crippen MR) is 90.3 cm³/mol. The molecular weight excluding hydrogens is 436 g/mol. The van der Waals surface area contributed by atoms with E-state index >= 15 is 0 Å². The van der Waals surface area contributed by atoms with Gasteiger partial charge in [-0.15, -0.1) is 0 Å². The molecular formula is C15H13Br3O. The fourth-order valence-electron chi connectivity index (χ4n) is 1.76. The molecule has 1 unspecified atom stereocenters. The van der Waals surface area contributed by atoms with Crippen LogP contribution < -0.4 is 4.74 Å². The van der Waals surface area contributed by atoms with Crippen LogP contribution in [-0.2, 0) is 0 Å². The molecule has 0 amide bonds. The molecule has 0 aliphatic heterocycles. The Morgan fingerprint density at radius 2 is 1.53 bits per heavy atom. The topological polar surface area (TPSA) is 9.23 Å². The summed E-state index contributed by atoms with van der Waals surface area (Å²) in [6.45, 7) is 0.635. The molecule has 2 aromatic carbocycles. The number of benzene rings is 2. The quantitative estimate of drug-likeness (QED) is 0.528. The normalized spacial score (nSPS) is 12.2. The number of halogens is 3. The van der Waals surface area contributed by atoms with E-state index in [0.29, 0.717) is 12.5 Å². The van der Waals surface area contributed by atoms with E-state index in [1.807, 2.05) is 24.3 Å². The lowest BCUT2D eigenvalue weighted by Gasteiger charge is -2.17. The summed E-state index contributed by atoms with van der Waals surface area (Å²) >= 11 is 10.6. The van der Waals surface area contributed by atoms with Crippen molar-refractivity contribution in [1.82, 2.24) is 0 Å². The molecule has 0 aromatic heterocycles. The standard InChI is InChI=1S/C15H13Br3O/c16-9-12(11-5-2-1-3-6-11)10-19-15-13(17)7-4-8-14(15)18/h1-8,12H,9-10H2. The maximum Gasteiger partial charge on any atom is 0.147 e. The number of hydrogen-bond donors (Lipinski definition) is 0. The first-order valence-electron chi connectivity index (χ1n) is 5.90. The highest BCUT2D eigenvalue weighted by atomic mass is 79.9. The number of hydrogen-bond acceptors (Lipinski definition) is 1. The minimum absolute atomic E-state index is 0.334. The first kappa shape index (κ1) is 15.1. The molecule has 0 fully saturated rings. The molecule has 0 bridgehead atoms. The number of rotatable bonds is 5. The van der Waals surface area contributed by atoms with Gasteiger partial charge in [-0.25, -0.2) is 0 Å². The zero-order valence-corrected chi connectivity index (χ0v) is 14.9. The SMILES string of the molecule is BrCC(COc1c(Br)cccc1Br)c1ccccc1. The molecule has 19 heavy (non-hydrogen) atoms. The van der Waals surface area contributed by atoms with Crippen molar-refractivity contribution in [2.75, 3.05) is 11.9 Å². The van der Waals surface area contributed by atoms with Crippen LogP contribution in [0.4, 0.5) is 0 Å². The first-order chi connectivity index (χ1) is 9.22. The second-order valence-corrected chi connectivity index (χ2v) is 6.48. The molecule has 100 valence electrons. The Bertz CT molecular complexity index is 508. The minimum atomic E-state index is 0.334. The van der Waals surface area contributed by atoms with Gasteiger partial charge in [-0.2, -0.15) is 0 Å². The van der Waals surface area contributed by atoms with E-state index in [4.69, 9.17) is 4.74 Å². The number of ether oxygens (including phenoxy) is 1. The maximum absolute atomic E-state index is 5.95. The summed E-state index contributed by atoms with van der Waals surface area (Å²) in [4.78, 5) is 0. The van der Waals surface area contributed by atoms with E-state index < -0.39 is 0 Å². The molecule has 1 nitrogen and oxygen atoms in total. The molecule has 0 saturated carbocycles. The zero-order valence-electron chi connectivity index (χ0n) is 10.2. The van der Waals surface area contributed by atoms with Gasteiger partial charge in [-0.1, -0.05) is 52.3 Å². The summed E-state index contributed by atoms with van der Waals surface area (Å²) in [6.07, 6.45) is 0. The fraction of sp³-hybridized carbons (Fsp3) is 0.200. The summed E-state index contributed by atoms with van der Waals surface area (Å²) in [5, 5.41) is 0.874. The highest BCUT2D eigenvalue weighted by Gasteiger charge is 2.13. The van der Waals surface area contributed by atoms with Gasteiger partial charge in [0.05, 0.1) is 15.6 Å². The van der Waals surface area contributed by atoms with E-state index in [0.717, 1.165) is 20.0 Å². The van der Waals surface area contributed by atoms with Crippen molar-refractivity contribution in [2.24, 2.45) is 0 Å². The average Bonchev–Trinajstić information content (AvgIpc) is 2.43. The van der Waals surface area contributed by atoms with E-state index in [1.54, 1.807) is 0 Å². The van der Waals surface area contributed by atoms with Gasteiger partial charge in [0.1, 0.15) is 5.75 Å². The third kappa shape index (κ3) is 4.07. The number of alkyl halides is 1. The van der Waals surface area contributed by atoms with E-state index in [1.165, 1.54) is 5.56 Å². The monoisotopic (exact) mass is 446 g/mol. The van der Waals surface area contributed by atoms with Gasteiger partial charge in [0.2, 0.25) is 0 Å². The van der Waals surface area contributed by atoms with Gasteiger partial charge in [-0.05, 0) is 49.6 Å². The van der Waals surface area contributed by atoms with Crippen LogP contribution in [-0.4, -0.2) is 11.9 Å². The van der Waals surface area contributed by atoms with Crippen molar-refractivity contribution < 1.29 is 4.74 Å². The molecule has 0 saturated heterocycles. The maximum atomic E-state index is 5.95. The van der Waals surface area contributed by atoms with E-state index in [2.05, 4.69) is 72.1 Å². The summed E-state index contributed by atoms with van der Waals surface area (Å²) in [6, 6.07) is 16.3. The van der Waals surface area contributed by atoms with Crippen LogP contribution >= 0.6 is 47.8 Å². The van der Waals surface area contributed by atoms with Crippen molar-refractivity contribution in [3.8, 4) is 5.75 Å². The van der Waals surface area contributed by atoms with Crippen molar-refractivity contribution in [3.63, 3.8) is 0 Å². The third-order valence-corrected chi connectivity index (χ3v) is 4.84. The largest absolute Gasteiger partial charge is 0.491 e. The van der Waals surface area contributed by atoms with Gasteiger partial charge < -0.3 is 4.74 Å². The Morgan fingerprint density at radius 3 is 2.11 bits per heavy atom. The van der Waals surface area contributed by atoms with Crippen molar-refractivity contribution in [1.29, 1.82) is 0 Å². The average molecular weight is 449 g/mol. The molecule has 0 heterocycles. The summed E-state index contributed by atoms with van der Waals surface area (Å²) in [5.41, 5.74) is 1.28. The first-order valence-corrected chi connectivity index (χ1v) is 8.61. The van der Waals surface area contributed by atoms with E-state index in [-0.39, 0.29) is 0 Å². The van der Waals surface area contributed by atoms with E-state index in [9.17, 15) is 0 Å². The van der Waals surface area contributed by atoms with Crippen LogP contribution in [0.25, 0.3) is 0 Å². The second kappa shape index (κ2) is 7.46. The molecule has 0 aliphatic carbocycles. The summed E-state index contributed by atoms with van der Waals surface area (Å²) < 4.78 is 7.87. The van der Waals surface area contributed by atoms with Crippen molar-refractivity contribution >= 4 is 47.8 Å². The Balaban J connectivity index is 2.09. The minimum Gasteiger partial charge on any atom is -0.491 e. The lowest BCUT2D eigenvalue weighted by molar-refractivity contribution is 0.294. The van der Waals surface area contributed by atoms with Crippen LogP contribution in [0.5, 0.6) is 5.75 Å². The molecule has 2 rings (SSSR count). The Hall–Kier alpha value is -0.320. The molecule has 2 aromatic rings. The third-order valence-electron chi connectivity index (χ3n) is 2.81. The summed E-state index contributed by atoms with van der Waals surface area (Å²) in [5.74, 6) is 1.18. The van der Waals surface area contributed by atoms with Crippen LogP contribution in [0.15, 0.2) is 57.5 Å². The Morgan fingerprint density at radius 1 is 0.895 bits per heavy atom. The number of para-hydroxylation sites is 1. The van der Waals surface area contributed by atoms with Gasteiger partial charge in [0.25, 0.3) is 0 Å². The zero-order chi connectivity index (χ0) is 13.7. The molecule has 1 atom stereocenters. The Labute approximate surface area is 138 Å². The van der Waals surface area contributed by atoms with Gasteiger partial charge in [0.15, 0.2) is 0 Å². The lowest BCUT2D eigenvalue weighted by atomic mass is 10.0. The smallest absolute Gasteiger partial charge is 0.147 e. The van der Waals surface area contributed by atoms with Crippen LogP contribution in [0, 0.1) is 0 Å². The fourth-order valence-corrected chi connectivity index (χ4v) is 3.55. The highest BCUT2D eigenvalue weighted by molar-refractivity contribution is 9.11. The van der Waals surface area contributed by atoms with Gasteiger partial charge in [0, 0.05) is 11.2 Å². The van der Waals surface area contributed by atoms with Crippen molar-refractivity contribution in [3.05, 3.63) is 63.0 Å². The second-order valence-electron chi connectivity index (χ2n) is 4.12. The summed E-state index contributed by atoms with van der Waals surface area (Å²) in [7, 11) is 0. The van der Waals surface area contributed by atoms with Crippen LogP contribution in [0.3, 0.4) is 0 Å². The van der Waals surface area contributed by atoms with Crippen LogP contribution in [0.2, 0.25) is 0 Å². The van der Waals surface area contributed by atoms with Gasteiger partial charge in [-0.3, -0.25) is 0 Å². The highest BCUT2D eigenvalue weighted by Crippen LogP contribution is 2.34. The molecule has 0 spiro atoms. The molecule has 0 N–H and O–H groups in total. The van der Waals surface area contributed by atoms with Crippen molar-refractivity contribution in [2.45, 2.75) is 5.92 Å².